The summed E-state index contributed by atoms with van der Waals surface area (Å²) in [6, 6.07) is 12.5. The number of carboxylic acid groups (broad SMARTS) is 1. The second kappa shape index (κ2) is 8.05. The van der Waals surface area contributed by atoms with Crippen LogP contribution in [0.4, 0.5) is 8.78 Å². The first-order valence-corrected chi connectivity index (χ1v) is 9.88. The highest BCUT2D eigenvalue weighted by Gasteiger charge is 2.42. The number of carboxylic acids is 1. The number of fused-ring (bicyclic) bond motifs is 1. The van der Waals surface area contributed by atoms with Crippen LogP contribution in [0.15, 0.2) is 60.8 Å². The number of hydrogen-bond donors (Lipinski definition) is 2. The second-order valence-electron chi connectivity index (χ2n) is 7.24. The fourth-order valence-electron chi connectivity index (χ4n) is 4.00. The molecule has 0 atom stereocenters. The zero-order valence-electron chi connectivity index (χ0n) is 17.3. The van der Waals surface area contributed by atoms with Gasteiger partial charge >= 0.3 is 5.97 Å². The van der Waals surface area contributed by atoms with Crippen LogP contribution in [0, 0.1) is 11.6 Å². The summed E-state index contributed by atoms with van der Waals surface area (Å²) in [5.74, 6) is -2.61. The minimum atomic E-state index is -2.27. The van der Waals surface area contributed by atoms with Gasteiger partial charge in [-0.2, -0.15) is 5.10 Å². The molecule has 2 heterocycles. The molecule has 2 aromatic carbocycles. The number of rotatable bonds is 6. The number of halogens is 2. The summed E-state index contributed by atoms with van der Waals surface area (Å²) in [6.45, 7) is 1.79. The molecule has 0 unspecified atom stereocenters. The number of benzene rings is 2. The van der Waals surface area contributed by atoms with Crippen molar-refractivity contribution in [3.8, 4) is 5.75 Å². The summed E-state index contributed by atoms with van der Waals surface area (Å²) in [6.07, 6.45) is 1.68. The normalized spacial score (nSPS) is 11.7. The first kappa shape index (κ1) is 21.5. The Kier molecular flexibility index (Phi) is 5.40. The lowest BCUT2D eigenvalue weighted by Gasteiger charge is -2.29. The van der Waals surface area contributed by atoms with Crippen molar-refractivity contribution in [3.63, 3.8) is 0 Å². The molecule has 2 N–H and O–H groups in total. The number of aliphatic hydroxyl groups is 1. The number of pyridine rings is 1. The number of aromatic nitrogens is 2. The zero-order chi connectivity index (χ0) is 23.0. The van der Waals surface area contributed by atoms with Gasteiger partial charge in [0.15, 0.2) is 11.4 Å². The van der Waals surface area contributed by atoms with E-state index in [4.69, 9.17) is 4.74 Å². The van der Waals surface area contributed by atoms with Crippen LogP contribution in [-0.4, -0.2) is 32.9 Å². The van der Waals surface area contributed by atoms with E-state index in [1.165, 1.54) is 72.4 Å². The third kappa shape index (κ3) is 3.20. The topological polar surface area (TPSA) is 84.1 Å². The summed E-state index contributed by atoms with van der Waals surface area (Å²) in [7, 11) is 1.33. The Morgan fingerprint density at radius 1 is 1.09 bits per heavy atom. The van der Waals surface area contributed by atoms with Gasteiger partial charge in [-0.1, -0.05) is 43.3 Å². The van der Waals surface area contributed by atoms with Crippen molar-refractivity contribution < 1.29 is 28.5 Å². The molecule has 6 nitrogen and oxygen atoms in total. The molecule has 8 heteroatoms. The fraction of sp³-hybridized carbons (Fsp3) is 0.167. The van der Waals surface area contributed by atoms with Crippen molar-refractivity contribution in [2.75, 3.05) is 7.11 Å². The standard InChI is InChI=1S/C24H20F2N2O4/c1-3-14-20-12-15(23(29)30)21(32-2)13-28(20)27-22(14)24(31,16-8-4-6-10-18(16)25)17-9-5-7-11-19(17)26/h4-13,31H,3H2,1-2H3,(H,29,30). The largest absolute Gasteiger partial charge is 0.494 e. The summed E-state index contributed by atoms with van der Waals surface area (Å²) in [5.41, 5.74) is -1.88. The Labute approximate surface area is 182 Å². The van der Waals surface area contributed by atoms with Crippen LogP contribution in [0.2, 0.25) is 0 Å². The first-order chi connectivity index (χ1) is 15.3. The molecule has 0 saturated heterocycles. The molecule has 0 saturated carbocycles. The lowest BCUT2D eigenvalue weighted by molar-refractivity contribution is 0.0693. The maximum atomic E-state index is 15.0. The molecular formula is C24H20F2N2O4. The lowest BCUT2D eigenvalue weighted by Crippen LogP contribution is -2.33. The average Bonchev–Trinajstić information content (AvgIpc) is 3.16. The summed E-state index contributed by atoms with van der Waals surface area (Å²) in [5, 5.41) is 26.0. The van der Waals surface area contributed by atoms with Crippen molar-refractivity contribution in [1.82, 2.24) is 9.61 Å². The lowest BCUT2D eigenvalue weighted by atomic mass is 9.80. The number of carbonyl (C=O) groups is 1. The molecule has 0 amide bonds. The van der Waals surface area contributed by atoms with Gasteiger partial charge in [0, 0.05) is 16.7 Å². The minimum Gasteiger partial charge on any atom is -0.494 e. The smallest absolute Gasteiger partial charge is 0.339 e. The van der Waals surface area contributed by atoms with E-state index < -0.39 is 23.2 Å². The number of nitrogens with zero attached hydrogens (tertiary/aromatic N) is 2. The van der Waals surface area contributed by atoms with Crippen LogP contribution in [-0.2, 0) is 12.0 Å². The van der Waals surface area contributed by atoms with Crippen molar-refractivity contribution in [2.24, 2.45) is 0 Å². The molecule has 164 valence electrons. The van der Waals surface area contributed by atoms with E-state index in [0.717, 1.165) is 0 Å². The predicted octanol–water partition coefficient (Wildman–Crippen LogP) is 4.17. The Hall–Kier alpha value is -3.78. The summed E-state index contributed by atoms with van der Waals surface area (Å²) in [4.78, 5) is 11.7. The molecule has 32 heavy (non-hydrogen) atoms. The molecule has 4 rings (SSSR count). The Balaban J connectivity index is 2.13. The van der Waals surface area contributed by atoms with Crippen molar-refractivity contribution in [2.45, 2.75) is 18.9 Å². The zero-order valence-corrected chi connectivity index (χ0v) is 17.3. The number of methoxy groups -OCH3 is 1. The van der Waals surface area contributed by atoms with E-state index in [-0.39, 0.29) is 28.1 Å². The Morgan fingerprint density at radius 2 is 1.66 bits per heavy atom. The molecule has 0 fully saturated rings. The van der Waals surface area contributed by atoms with Gasteiger partial charge in [0.1, 0.15) is 22.9 Å². The van der Waals surface area contributed by atoms with E-state index in [0.29, 0.717) is 17.5 Å². The van der Waals surface area contributed by atoms with Crippen LogP contribution >= 0.6 is 0 Å². The Bertz CT molecular complexity index is 1290. The van der Waals surface area contributed by atoms with E-state index >= 15 is 0 Å². The maximum absolute atomic E-state index is 15.0. The van der Waals surface area contributed by atoms with E-state index in [1.807, 2.05) is 0 Å². The van der Waals surface area contributed by atoms with Gasteiger partial charge in [-0.05, 0) is 24.6 Å². The van der Waals surface area contributed by atoms with Gasteiger partial charge in [-0.25, -0.2) is 18.1 Å². The average molecular weight is 438 g/mol. The highest BCUT2D eigenvalue weighted by Crippen LogP contribution is 2.41. The van der Waals surface area contributed by atoms with Gasteiger partial charge in [0.25, 0.3) is 0 Å². The number of hydrogen-bond acceptors (Lipinski definition) is 4. The molecule has 0 aliphatic rings. The van der Waals surface area contributed by atoms with Gasteiger partial charge in [0.05, 0.1) is 18.8 Å². The van der Waals surface area contributed by atoms with Crippen LogP contribution in [0.3, 0.4) is 0 Å². The third-order valence-electron chi connectivity index (χ3n) is 5.51. The predicted molar refractivity (Wildman–Crippen MR) is 113 cm³/mol. The minimum absolute atomic E-state index is 0.000193. The van der Waals surface area contributed by atoms with E-state index in [1.54, 1.807) is 6.92 Å². The molecule has 2 aromatic heterocycles. The highest BCUT2D eigenvalue weighted by atomic mass is 19.1. The van der Waals surface area contributed by atoms with Crippen LogP contribution in [0.5, 0.6) is 5.75 Å². The number of aromatic carboxylic acids is 1. The van der Waals surface area contributed by atoms with Crippen LogP contribution in [0.1, 0.15) is 39.7 Å². The quantitative estimate of drug-likeness (QED) is 0.472. The van der Waals surface area contributed by atoms with Gasteiger partial charge in [0.2, 0.25) is 0 Å². The van der Waals surface area contributed by atoms with Crippen molar-refractivity contribution in [3.05, 3.63) is 100 Å². The van der Waals surface area contributed by atoms with Crippen LogP contribution in [0.25, 0.3) is 5.52 Å². The molecule has 0 bridgehead atoms. The van der Waals surface area contributed by atoms with Gasteiger partial charge in [-0.3, -0.25) is 0 Å². The van der Waals surface area contributed by atoms with Crippen molar-refractivity contribution >= 4 is 11.5 Å². The Morgan fingerprint density at radius 3 is 2.12 bits per heavy atom. The molecule has 4 aromatic rings. The second-order valence-corrected chi connectivity index (χ2v) is 7.24. The fourth-order valence-corrected chi connectivity index (χ4v) is 4.00. The summed E-state index contributed by atoms with van der Waals surface area (Å²) < 4.78 is 36.4. The molecule has 0 aliphatic carbocycles. The monoisotopic (exact) mass is 438 g/mol. The van der Waals surface area contributed by atoms with E-state index in [2.05, 4.69) is 5.10 Å². The summed E-state index contributed by atoms with van der Waals surface area (Å²) >= 11 is 0. The molecule has 0 spiro atoms. The maximum Gasteiger partial charge on any atom is 0.339 e. The third-order valence-corrected chi connectivity index (χ3v) is 5.51. The SMILES string of the molecule is CCc1c(C(O)(c2ccccc2F)c2ccccc2F)nn2cc(OC)c(C(=O)O)cc12. The van der Waals surface area contributed by atoms with Gasteiger partial charge in [-0.15, -0.1) is 0 Å². The van der Waals surface area contributed by atoms with Crippen molar-refractivity contribution in [1.29, 1.82) is 0 Å². The van der Waals surface area contributed by atoms with E-state index in [9.17, 15) is 23.8 Å². The molecule has 0 aliphatic heterocycles. The molecular weight excluding hydrogens is 418 g/mol. The highest BCUT2D eigenvalue weighted by molar-refractivity contribution is 5.92. The number of aryl methyl sites for hydroxylation is 1. The number of ether oxygens (including phenoxy) is 1. The van der Waals surface area contributed by atoms with Crippen LogP contribution < -0.4 is 4.74 Å². The van der Waals surface area contributed by atoms with Gasteiger partial charge < -0.3 is 14.9 Å². The first-order valence-electron chi connectivity index (χ1n) is 9.88. The molecule has 0 radical (unpaired) electrons.